The average molecular weight is 294 g/mol. The fourth-order valence-electron chi connectivity index (χ4n) is 3.06. The first-order valence-electron chi connectivity index (χ1n) is 7.89. The Kier molecular flexibility index (Phi) is 4.14. The van der Waals surface area contributed by atoms with Crippen LogP contribution in [0.2, 0.25) is 0 Å². The second-order valence-electron chi connectivity index (χ2n) is 5.78. The number of likely N-dealkylation sites (N-methyl/N-ethyl adjacent to an activating group) is 1. The Morgan fingerprint density at radius 3 is 2.77 bits per heavy atom. The van der Waals surface area contributed by atoms with Gasteiger partial charge in [-0.2, -0.15) is 0 Å². The highest BCUT2D eigenvalue weighted by molar-refractivity contribution is 5.98. The van der Waals surface area contributed by atoms with Crippen LogP contribution in [0.5, 0.6) is 0 Å². The van der Waals surface area contributed by atoms with Crippen molar-refractivity contribution >= 4 is 17.3 Å². The van der Waals surface area contributed by atoms with Crippen LogP contribution in [0, 0.1) is 6.92 Å². The number of hydrogen-bond donors (Lipinski definition) is 0. The van der Waals surface area contributed by atoms with Crippen molar-refractivity contribution in [2.45, 2.75) is 20.3 Å². The lowest BCUT2D eigenvalue weighted by atomic mass is 10.2. The molecule has 1 heterocycles. The first-order chi connectivity index (χ1) is 10.7. The molecule has 114 valence electrons. The minimum atomic E-state index is 0.174. The van der Waals surface area contributed by atoms with Crippen LogP contribution in [-0.2, 0) is 11.2 Å². The van der Waals surface area contributed by atoms with Crippen molar-refractivity contribution in [2.24, 2.45) is 0 Å². The van der Waals surface area contributed by atoms with Crippen LogP contribution in [0.4, 0.5) is 11.4 Å². The molecule has 2 aromatic carbocycles. The number of fused-ring (bicyclic) bond motifs is 1. The molecule has 3 heteroatoms. The van der Waals surface area contributed by atoms with E-state index in [1.54, 1.807) is 0 Å². The molecule has 1 amide bonds. The average Bonchev–Trinajstić information content (AvgIpc) is 2.96. The van der Waals surface area contributed by atoms with Crippen molar-refractivity contribution in [3.63, 3.8) is 0 Å². The van der Waals surface area contributed by atoms with E-state index in [-0.39, 0.29) is 5.91 Å². The van der Waals surface area contributed by atoms with E-state index in [4.69, 9.17) is 0 Å². The number of anilines is 2. The summed E-state index contributed by atoms with van der Waals surface area (Å²) in [6.45, 7) is 6.21. The quantitative estimate of drug-likeness (QED) is 0.862. The Labute approximate surface area is 132 Å². The lowest BCUT2D eigenvalue weighted by Crippen LogP contribution is -2.39. The van der Waals surface area contributed by atoms with E-state index in [0.717, 1.165) is 30.9 Å². The van der Waals surface area contributed by atoms with Crippen LogP contribution in [-0.4, -0.2) is 25.5 Å². The molecular weight excluding hydrogens is 272 g/mol. The van der Waals surface area contributed by atoms with Crippen molar-refractivity contribution in [1.29, 1.82) is 0 Å². The first-order valence-corrected chi connectivity index (χ1v) is 7.89. The molecular formula is C19H22N2O. The standard InChI is InChI=1S/C19H22N2O/c1-3-20(17-9-6-7-15(2)13-17)14-19(22)21-12-11-16-8-4-5-10-18(16)21/h4-10,13H,3,11-12,14H2,1-2H3. The predicted octanol–water partition coefficient (Wildman–Crippen LogP) is 3.41. The number of carbonyl (C=O) groups excluding carboxylic acids is 1. The van der Waals surface area contributed by atoms with Crippen LogP contribution in [0.3, 0.4) is 0 Å². The van der Waals surface area contributed by atoms with Gasteiger partial charge in [0.05, 0.1) is 6.54 Å². The Morgan fingerprint density at radius 1 is 1.18 bits per heavy atom. The summed E-state index contributed by atoms with van der Waals surface area (Å²) in [5.41, 5.74) is 4.68. The van der Waals surface area contributed by atoms with Gasteiger partial charge in [-0.25, -0.2) is 0 Å². The maximum absolute atomic E-state index is 12.7. The van der Waals surface area contributed by atoms with Gasteiger partial charge >= 0.3 is 0 Å². The number of amides is 1. The molecule has 0 N–H and O–H groups in total. The Hall–Kier alpha value is -2.29. The summed E-state index contributed by atoms with van der Waals surface area (Å²) in [4.78, 5) is 16.8. The van der Waals surface area contributed by atoms with Gasteiger partial charge in [0.2, 0.25) is 5.91 Å². The monoisotopic (exact) mass is 294 g/mol. The third kappa shape index (κ3) is 2.84. The van der Waals surface area contributed by atoms with Gasteiger partial charge in [0.15, 0.2) is 0 Å². The Balaban J connectivity index is 1.76. The topological polar surface area (TPSA) is 23.6 Å². The van der Waals surface area contributed by atoms with E-state index in [9.17, 15) is 4.79 Å². The number of carbonyl (C=O) groups is 1. The molecule has 2 aromatic rings. The summed E-state index contributed by atoms with van der Waals surface area (Å²) in [5, 5.41) is 0. The third-order valence-corrected chi connectivity index (χ3v) is 4.26. The van der Waals surface area contributed by atoms with E-state index in [1.165, 1.54) is 11.1 Å². The van der Waals surface area contributed by atoms with Gasteiger partial charge in [-0.3, -0.25) is 4.79 Å². The van der Waals surface area contributed by atoms with Gasteiger partial charge in [-0.15, -0.1) is 0 Å². The van der Waals surface area contributed by atoms with Crippen molar-refractivity contribution in [1.82, 2.24) is 0 Å². The molecule has 0 bridgehead atoms. The zero-order chi connectivity index (χ0) is 15.5. The lowest BCUT2D eigenvalue weighted by molar-refractivity contribution is -0.117. The smallest absolute Gasteiger partial charge is 0.246 e. The van der Waals surface area contributed by atoms with Gasteiger partial charge in [0.1, 0.15) is 0 Å². The Morgan fingerprint density at radius 2 is 2.00 bits per heavy atom. The second kappa shape index (κ2) is 6.22. The summed E-state index contributed by atoms with van der Waals surface area (Å²) >= 11 is 0. The normalized spacial score (nSPS) is 13.1. The van der Waals surface area contributed by atoms with Crippen LogP contribution < -0.4 is 9.80 Å². The highest BCUT2D eigenvalue weighted by Crippen LogP contribution is 2.27. The highest BCUT2D eigenvalue weighted by Gasteiger charge is 2.25. The molecule has 0 saturated heterocycles. The van der Waals surface area contributed by atoms with Crippen LogP contribution >= 0.6 is 0 Å². The van der Waals surface area contributed by atoms with Crippen molar-refractivity contribution < 1.29 is 4.79 Å². The molecule has 0 fully saturated rings. The lowest BCUT2D eigenvalue weighted by Gasteiger charge is -2.26. The molecule has 22 heavy (non-hydrogen) atoms. The predicted molar refractivity (Wildman–Crippen MR) is 91.6 cm³/mol. The third-order valence-electron chi connectivity index (χ3n) is 4.26. The molecule has 0 aromatic heterocycles. The molecule has 0 radical (unpaired) electrons. The van der Waals surface area contributed by atoms with Crippen molar-refractivity contribution in [2.75, 3.05) is 29.4 Å². The molecule has 1 aliphatic rings. The molecule has 0 aliphatic carbocycles. The summed E-state index contributed by atoms with van der Waals surface area (Å²) in [6, 6.07) is 16.5. The maximum atomic E-state index is 12.7. The Bertz CT molecular complexity index is 681. The number of hydrogen-bond acceptors (Lipinski definition) is 2. The molecule has 0 saturated carbocycles. The van der Waals surface area contributed by atoms with E-state index >= 15 is 0 Å². The fourth-order valence-corrected chi connectivity index (χ4v) is 3.06. The zero-order valence-electron chi connectivity index (χ0n) is 13.2. The van der Waals surface area contributed by atoms with Crippen LogP contribution in [0.1, 0.15) is 18.1 Å². The summed E-state index contributed by atoms with van der Waals surface area (Å²) in [6.07, 6.45) is 0.957. The summed E-state index contributed by atoms with van der Waals surface area (Å²) < 4.78 is 0. The number of rotatable bonds is 4. The minimum Gasteiger partial charge on any atom is -0.362 e. The summed E-state index contributed by atoms with van der Waals surface area (Å²) in [7, 11) is 0. The maximum Gasteiger partial charge on any atom is 0.246 e. The van der Waals surface area contributed by atoms with Gasteiger partial charge in [0, 0.05) is 24.5 Å². The molecule has 3 nitrogen and oxygen atoms in total. The number of benzene rings is 2. The van der Waals surface area contributed by atoms with Crippen molar-refractivity contribution in [3.8, 4) is 0 Å². The number of para-hydroxylation sites is 1. The largest absolute Gasteiger partial charge is 0.362 e. The minimum absolute atomic E-state index is 0.174. The molecule has 0 unspecified atom stereocenters. The van der Waals surface area contributed by atoms with E-state index in [1.807, 2.05) is 29.2 Å². The second-order valence-corrected chi connectivity index (χ2v) is 5.78. The van der Waals surface area contributed by atoms with Gasteiger partial charge in [-0.1, -0.05) is 30.3 Å². The van der Waals surface area contributed by atoms with Gasteiger partial charge in [0.25, 0.3) is 0 Å². The summed E-state index contributed by atoms with van der Waals surface area (Å²) in [5.74, 6) is 0.174. The van der Waals surface area contributed by atoms with Gasteiger partial charge in [-0.05, 0) is 49.6 Å². The molecule has 1 aliphatic heterocycles. The van der Waals surface area contributed by atoms with E-state index in [2.05, 4.69) is 43.0 Å². The molecule has 0 spiro atoms. The van der Waals surface area contributed by atoms with E-state index in [0.29, 0.717) is 6.54 Å². The van der Waals surface area contributed by atoms with Crippen LogP contribution in [0.15, 0.2) is 48.5 Å². The molecule has 0 atom stereocenters. The SMILES string of the molecule is CCN(CC(=O)N1CCc2ccccc21)c1cccc(C)c1. The fraction of sp³-hybridized carbons (Fsp3) is 0.316. The van der Waals surface area contributed by atoms with Crippen molar-refractivity contribution in [3.05, 3.63) is 59.7 Å². The number of nitrogens with zero attached hydrogens (tertiary/aromatic N) is 2. The number of aryl methyl sites for hydroxylation is 1. The first kappa shape index (κ1) is 14.6. The van der Waals surface area contributed by atoms with E-state index < -0.39 is 0 Å². The highest BCUT2D eigenvalue weighted by atomic mass is 16.2. The zero-order valence-corrected chi connectivity index (χ0v) is 13.2. The van der Waals surface area contributed by atoms with Crippen LogP contribution in [0.25, 0.3) is 0 Å². The van der Waals surface area contributed by atoms with Gasteiger partial charge < -0.3 is 9.80 Å². The molecule has 3 rings (SSSR count).